The van der Waals surface area contributed by atoms with Crippen LogP contribution in [0.15, 0.2) is 6.20 Å². The molecule has 0 aliphatic carbocycles. The quantitative estimate of drug-likeness (QED) is 0.758. The highest BCUT2D eigenvalue weighted by Crippen LogP contribution is 2.11. The van der Waals surface area contributed by atoms with Gasteiger partial charge in [-0.15, -0.1) is 0 Å². The van der Waals surface area contributed by atoms with Crippen molar-refractivity contribution in [3.63, 3.8) is 0 Å². The lowest BCUT2D eigenvalue weighted by Crippen LogP contribution is -2.12. The van der Waals surface area contributed by atoms with Gasteiger partial charge < -0.3 is 5.73 Å². The molecular formula is C7H10ClN3S. The Morgan fingerprint density at radius 2 is 2.50 bits per heavy atom. The highest BCUT2D eigenvalue weighted by molar-refractivity contribution is 7.80. The molecule has 0 bridgehead atoms. The first-order valence-corrected chi connectivity index (χ1v) is 4.36. The van der Waals surface area contributed by atoms with Crippen molar-refractivity contribution in [2.24, 2.45) is 5.73 Å². The summed E-state index contributed by atoms with van der Waals surface area (Å²) in [6, 6.07) is 0. The number of rotatable bonds is 3. The Balaban J connectivity index is 2.58. The maximum atomic E-state index is 5.80. The van der Waals surface area contributed by atoms with Gasteiger partial charge in [0.05, 0.1) is 15.7 Å². The van der Waals surface area contributed by atoms with Gasteiger partial charge in [-0.2, -0.15) is 5.10 Å². The molecule has 1 rings (SSSR count). The highest BCUT2D eigenvalue weighted by Gasteiger charge is 2.01. The van der Waals surface area contributed by atoms with Crippen LogP contribution in [0.4, 0.5) is 0 Å². The Morgan fingerprint density at radius 1 is 1.83 bits per heavy atom. The monoisotopic (exact) mass is 203 g/mol. The fraction of sp³-hybridized carbons (Fsp3) is 0.429. The molecular weight excluding hydrogens is 194 g/mol. The van der Waals surface area contributed by atoms with Gasteiger partial charge in [0.15, 0.2) is 0 Å². The molecule has 1 aromatic rings. The Kier molecular flexibility index (Phi) is 3.05. The van der Waals surface area contributed by atoms with E-state index in [1.54, 1.807) is 10.9 Å². The lowest BCUT2D eigenvalue weighted by Gasteiger charge is -1.97. The summed E-state index contributed by atoms with van der Waals surface area (Å²) in [6.07, 6.45) is 2.43. The van der Waals surface area contributed by atoms with Crippen molar-refractivity contribution in [3.05, 3.63) is 16.9 Å². The van der Waals surface area contributed by atoms with Crippen LogP contribution in [0.5, 0.6) is 0 Å². The summed E-state index contributed by atoms with van der Waals surface area (Å²) in [4.78, 5) is 0.499. The molecule has 12 heavy (non-hydrogen) atoms. The van der Waals surface area contributed by atoms with Crippen molar-refractivity contribution in [1.82, 2.24) is 9.78 Å². The summed E-state index contributed by atoms with van der Waals surface area (Å²) in [5, 5.41) is 4.83. The third kappa shape index (κ3) is 2.46. The van der Waals surface area contributed by atoms with E-state index in [0.717, 1.165) is 5.69 Å². The van der Waals surface area contributed by atoms with Gasteiger partial charge in [0.25, 0.3) is 0 Å². The van der Waals surface area contributed by atoms with Crippen molar-refractivity contribution in [3.8, 4) is 0 Å². The zero-order valence-electron chi connectivity index (χ0n) is 6.75. The number of hydrogen-bond donors (Lipinski definition) is 1. The molecule has 0 aliphatic heterocycles. The topological polar surface area (TPSA) is 43.8 Å². The molecule has 0 amide bonds. The van der Waals surface area contributed by atoms with Crippen molar-refractivity contribution in [1.29, 1.82) is 0 Å². The van der Waals surface area contributed by atoms with Gasteiger partial charge in [-0.1, -0.05) is 23.8 Å². The Hall–Kier alpha value is -0.610. The van der Waals surface area contributed by atoms with E-state index in [1.165, 1.54) is 0 Å². The number of halogens is 1. The Bertz CT molecular complexity index is 275. The van der Waals surface area contributed by atoms with Crippen LogP contribution in [0.25, 0.3) is 0 Å². The Labute approximate surface area is 81.5 Å². The van der Waals surface area contributed by atoms with E-state index in [4.69, 9.17) is 29.6 Å². The normalized spacial score (nSPS) is 10.2. The zero-order valence-corrected chi connectivity index (χ0v) is 8.32. The second-order valence-electron chi connectivity index (χ2n) is 2.54. The molecule has 0 spiro atoms. The minimum atomic E-state index is 0.499. The van der Waals surface area contributed by atoms with Crippen LogP contribution < -0.4 is 5.73 Å². The van der Waals surface area contributed by atoms with Gasteiger partial charge in [0.1, 0.15) is 0 Å². The molecule has 1 heterocycles. The molecule has 3 nitrogen and oxygen atoms in total. The molecule has 0 aromatic carbocycles. The van der Waals surface area contributed by atoms with Crippen molar-refractivity contribution in [2.45, 2.75) is 19.9 Å². The molecule has 1 aromatic heterocycles. The predicted octanol–water partition coefficient (Wildman–Crippen LogP) is 1.52. The molecule has 5 heteroatoms. The van der Waals surface area contributed by atoms with Crippen molar-refractivity contribution in [2.75, 3.05) is 0 Å². The van der Waals surface area contributed by atoms with Gasteiger partial charge in [0.2, 0.25) is 0 Å². The number of nitrogens with two attached hydrogens (primary N) is 1. The smallest absolute Gasteiger partial charge is 0.0814 e. The third-order valence-electron chi connectivity index (χ3n) is 1.47. The number of thiocarbonyl (C=S) groups is 1. The van der Waals surface area contributed by atoms with Crippen LogP contribution in [0.1, 0.15) is 12.1 Å². The number of nitrogens with zero attached hydrogens (tertiary/aromatic N) is 2. The standard InChI is InChI=1S/C7H10ClN3S/c1-5-6(8)4-11(10-5)3-2-7(9)12/h4H,2-3H2,1H3,(H2,9,12). The van der Waals surface area contributed by atoms with E-state index in [1.807, 2.05) is 6.92 Å². The second kappa shape index (κ2) is 3.87. The molecule has 0 aliphatic rings. The number of aromatic nitrogens is 2. The van der Waals surface area contributed by atoms with Crippen LogP contribution in [-0.4, -0.2) is 14.8 Å². The summed E-state index contributed by atoms with van der Waals surface area (Å²) in [5.74, 6) is 0. The SMILES string of the molecule is Cc1nn(CCC(N)=S)cc1Cl. The van der Waals surface area contributed by atoms with Crippen LogP contribution in [0, 0.1) is 6.92 Å². The summed E-state index contributed by atoms with van der Waals surface area (Å²) < 4.78 is 1.75. The second-order valence-corrected chi connectivity index (χ2v) is 3.47. The average molecular weight is 204 g/mol. The van der Waals surface area contributed by atoms with E-state index >= 15 is 0 Å². The zero-order chi connectivity index (χ0) is 9.14. The van der Waals surface area contributed by atoms with E-state index in [2.05, 4.69) is 5.10 Å². The number of aryl methyl sites for hydroxylation is 2. The first-order valence-electron chi connectivity index (χ1n) is 3.57. The fourth-order valence-electron chi connectivity index (χ4n) is 0.833. The van der Waals surface area contributed by atoms with Crippen molar-refractivity contribution >= 4 is 28.8 Å². The van der Waals surface area contributed by atoms with Crippen LogP contribution >= 0.6 is 23.8 Å². The highest BCUT2D eigenvalue weighted by atomic mass is 35.5. The van der Waals surface area contributed by atoms with E-state index in [9.17, 15) is 0 Å². The summed E-state index contributed by atoms with van der Waals surface area (Å²) in [5.41, 5.74) is 6.18. The summed E-state index contributed by atoms with van der Waals surface area (Å²) in [7, 11) is 0. The largest absolute Gasteiger partial charge is 0.393 e. The minimum Gasteiger partial charge on any atom is -0.393 e. The van der Waals surface area contributed by atoms with Gasteiger partial charge >= 0.3 is 0 Å². The van der Waals surface area contributed by atoms with Crippen LogP contribution in [0.3, 0.4) is 0 Å². The summed E-state index contributed by atoms with van der Waals surface area (Å²) >= 11 is 10.5. The van der Waals surface area contributed by atoms with Gasteiger partial charge in [-0.05, 0) is 6.92 Å². The maximum Gasteiger partial charge on any atom is 0.0814 e. The molecule has 0 saturated carbocycles. The third-order valence-corrected chi connectivity index (χ3v) is 2.05. The van der Waals surface area contributed by atoms with E-state index in [-0.39, 0.29) is 0 Å². The van der Waals surface area contributed by atoms with E-state index < -0.39 is 0 Å². The molecule has 0 atom stereocenters. The van der Waals surface area contributed by atoms with E-state index in [0.29, 0.717) is 23.0 Å². The van der Waals surface area contributed by atoms with Crippen molar-refractivity contribution < 1.29 is 0 Å². The predicted molar refractivity (Wildman–Crippen MR) is 53.4 cm³/mol. The molecule has 2 N–H and O–H groups in total. The summed E-state index contributed by atoms with van der Waals surface area (Å²) in [6.45, 7) is 2.56. The average Bonchev–Trinajstić information content (AvgIpc) is 2.28. The fourth-order valence-corrected chi connectivity index (χ4v) is 1.07. The van der Waals surface area contributed by atoms with Gasteiger partial charge in [-0.25, -0.2) is 0 Å². The molecule has 0 radical (unpaired) electrons. The van der Waals surface area contributed by atoms with Crippen LogP contribution in [-0.2, 0) is 6.54 Å². The van der Waals surface area contributed by atoms with Gasteiger partial charge in [0, 0.05) is 19.2 Å². The molecule has 66 valence electrons. The maximum absolute atomic E-state index is 5.80. The van der Waals surface area contributed by atoms with Crippen LogP contribution in [0.2, 0.25) is 5.02 Å². The lowest BCUT2D eigenvalue weighted by atomic mass is 10.4. The lowest BCUT2D eigenvalue weighted by molar-refractivity contribution is 0.629. The first-order chi connectivity index (χ1) is 5.59. The minimum absolute atomic E-state index is 0.499. The van der Waals surface area contributed by atoms with Gasteiger partial charge in [-0.3, -0.25) is 4.68 Å². The molecule has 0 unspecified atom stereocenters. The number of hydrogen-bond acceptors (Lipinski definition) is 2. The Morgan fingerprint density at radius 3 is 2.92 bits per heavy atom. The molecule has 0 fully saturated rings. The molecule has 0 saturated heterocycles. The first kappa shape index (κ1) is 9.48.